The lowest BCUT2D eigenvalue weighted by Gasteiger charge is -2.14. The molecule has 0 saturated heterocycles. The van der Waals surface area contributed by atoms with Crippen LogP contribution < -0.4 is 5.32 Å². The molecule has 3 nitrogen and oxygen atoms in total. The number of hydrogen-bond acceptors (Lipinski definition) is 2. The van der Waals surface area contributed by atoms with Gasteiger partial charge < -0.3 is 5.32 Å². The maximum atomic E-state index is 12.1. The summed E-state index contributed by atoms with van der Waals surface area (Å²) in [6.45, 7) is 1.92. The van der Waals surface area contributed by atoms with Crippen LogP contribution in [0.4, 0.5) is 0 Å². The van der Waals surface area contributed by atoms with E-state index in [4.69, 9.17) is 11.6 Å². The Morgan fingerprint density at radius 1 is 1.32 bits per heavy atom. The lowest BCUT2D eigenvalue weighted by molar-refractivity contribution is 0.0939. The number of benzene rings is 1. The summed E-state index contributed by atoms with van der Waals surface area (Å²) in [7, 11) is 0. The summed E-state index contributed by atoms with van der Waals surface area (Å²) in [5, 5.41) is 3.11. The van der Waals surface area contributed by atoms with Gasteiger partial charge in [0.1, 0.15) is 5.15 Å². The number of hydrogen-bond donors (Lipinski definition) is 1. The van der Waals surface area contributed by atoms with Gasteiger partial charge in [0, 0.05) is 10.7 Å². The second-order valence-corrected chi connectivity index (χ2v) is 5.36. The highest BCUT2D eigenvalue weighted by Crippen LogP contribution is 2.18. The fourth-order valence-electron chi connectivity index (χ4n) is 1.66. The molecule has 0 spiro atoms. The quantitative estimate of drug-likeness (QED) is 0.859. The van der Waals surface area contributed by atoms with Crippen molar-refractivity contribution in [2.45, 2.75) is 13.0 Å². The normalized spacial score (nSPS) is 11.9. The monoisotopic (exact) mass is 338 g/mol. The van der Waals surface area contributed by atoms with Gasteiger partial charge in [-0.25, -0.2) is 4.98 Å². The summed E-state index contributed by atoms with van der Waals surface area (Å²) < 4.78 is 1.00. The van der Waals surface area contributed by atoms with E-state index in [1.807, 2.05) is 31.2 Å². The van der Waals surface area contributed by atoms with E-state index in [1.165, 1.54) is 0 Å². The largest absolute Gasteiger partial charge is 0.345 e. The average molecular weight is 340 g/mol. The summed E-state index contributed by atoms with van der Waals surface area (Å²) in [6.07, 6.45) is 1.55. The summed E-state index contributed by atoms with van der Waals surface area (Å²) >= 11 is 9.27. The fourth-order valence-corrected chi connectivity index (χ4v) is 2.13. The van der Waals surface area contributed by atoms with E-state index in [0.29, 0.717) is 5.56 Å². The fraction of sp³-hybridized carbons (Fsp3) is 0.143. The Balaban J connectivity index is 2.11. The Labute approximate surface area is 125 Å². The molecule has 98 valence electrons. The molecule has 0 aliphatic carbocycles. The molecule has 1 amide bonds. The smallest absolute Gasteiger partial charge is 0.254 e. The van der Waals surface area contributed by atoms with E-state index in [2.05, 4.69) is 26.2 Å². The van der Waals surface area contributed by atoms with Crippen LogP contribution in [0.3, 0.4) is 0 Å². The van der Waals surface area contributed by atoms with Crippen LogP contribution in [-0.4, -0.2) is 10.9 Å². The van der Waals surface area contributed by atoms with Gasteiger partial charge in [-0.05, 0) is 36.8 Å². The summed E-state index contributed by atoms with van der Waals surface area (Å²) in [5.74, 6) is -0.228. The molecule has 5 heteroatoms. The van der Waals surface area contributed by atoms with Crippen molar-refractivity contribution < 1.29 is 4.79 Å². The number of pyridine rings is 1. The average Bonchev–Trinajstić information content (AvgIpc) is 2.39. The van der Waals surface area contributed by atoms with Gasteiger partial charge in [0.15, 0.2) is 0 Å². The predicted molar refractivity (Wildman–Crippen MR) is 79.3 cm³/mol. The highest BCUT2D eigenvalue weighted by Gasteiger charge is 2.14. The van der Waals surface area contributed by atoms with Crippen LogP contribution in [0.1, 0.15) is 28.9 Å². The molecule has 1 atom stereocenters. The van der Waals surface area contributed by atoms with Gasteiger partial charge in [0.25, 0.3) is 5.91 Å². The van der Waals surface area contributed by atoms with Crippen molar-refractivity contribution in [2.24, 2.45) is 0 Å². The Morgan fingerprint density at radius 3 is 2.63 bits per heavy atom. The zero-order valence-electron chi connectivity index (χ0n) is 10.2. The Morgan fingerprint density at radius 2 is 2.00 bits per heavy atom. The second kappa shape index (κ2) is 6.17. The van der Waals surface area contributed by atoms with Crippen LogP contribution >= 0.6 is 27.5 Å². The van der Waals surface area contributed by atoms with Gasteiger partial charge >= 0.3 is 0 Å². The molecule has 1 heterocycles. The van der Waals surface area contributed by atoms with E-state index >= 15 is 0 Å². The van der Waals surface area contributed by atoms with E-state index in [-0.39, 0.29) is 17.1 Å². The van der Waals surface area contributed by atoms with Gasteiger partial charge in [-0.3, -0.25) is 4.79 Å². The summed E-state index contributed by atoms with van der Waals surface area (Å²) in [4.78, 5) is 16.0. The topological polar surface area (TPSA) is 42.0 Å². The molecule has 1 aromatic heterocycles. The molecule has 0 aliphatic rings. The predicted octanol–water partition coefficient (Wildman–Crippen LogP) is 3.99. The van der Waals surface area contributed by atoms with E-state index in [0.717, 1.165) is 10.0 Å². The number of rotatable bonds is 3. The lowest BCUT2D eigenvalue weighted by Crippen LogP contribution is -2.27. The van der Waals surface area contributed by atoms with Crippen LogP contribution in [0.15, 0.2) is 47.1 Å². The third-order valence-corrected chi connectivity index (χ3v) is 3.55. The SMILES string of the molecule is CC(NC(=O)c1cccnc1Cl)c1ccc(Br)cc1. The molecule has 2 aromatic rings. The number of carbonyl (C=O) groups excluding carboxylic acids is 1. The van der Waals surface area contributed by atoms with Crippen molar-refractivity contribution in [1.82, 2.24) is 10.3 Å². The standard InChI is InChI=1S/C14H12BrClN2O/c1-9(10-4-6-11(15)7-5-10)18-14(19)12-3-2-8-17-13(12)16/h2-9H,1H3,(H,18,19). The Bertz CT molecular complexity index is 586. The van der Waals surface area contributed by atoms with Crippen molar-refractivity contribution >= 4 is 33.4 Å². The third kappa shape index (κ3) is 3.55. The zero-order valence-corrected chi connectivity index (χ0v) is 12.6. The first kappa shape index (κ1) is 14.0. The number of nitrogens with one attached hydrogen (secondary N) is 1. The van der Waals surface area contributed by atoms with Crippen molar-refractivity contribution in [3.8, 4) is 0 Å². The van der Waals surface area contributed by atoms with Crippen molar-refractivity contribution in [3.05, 3.63) is 63.3 Å². The van der Waals surface area contributed by atoms with E-state index in [9.17, 15) is 4.79 Å². The van der Waals surface area contributed by atoms with Gasteiger partial charge in [-0.2, -0.15) is 0 Å². The lowest BCUT2D eigenvalue weighted by atomic mass is 10.1. The molecule has 0 saturated carbocycles. The molecule has 0 aliphatic heterocycles. The highest BCUT2D eigenvalue weighted by atomic mass is 79.9. The van der Waals surface area contributed by atoms with E-state index < -0.39 is 0 Å². The van der Waals surface area contributed by atoms with Crippen LogP contribution in [0.25, 0.3) is 0 Å². The van der Waals surface area contributed by atoms with Gasteiger partial charge in [0.2, 0.25) is 0 Å². The minimum Gasteiger partial charge on any atom is -0.345 e. The number of aromatic nitrogens is 1. The second-order valence-electron chi connectivity index (χ2n) is 4.09. The zero-order chi connectivity index (χ0) is 13.8. The minimum atomic E-state index is -0.228. The Hall–Kier alpha value is -1.39. The van der Waals surface area contributed by atoms with Crippen molar-refractivity contribution in [1.29, 1.82) is 0 Å². The molecule has 2 rings (SSSR count). The molecule has 1 unspecified atom stereocenters. The minimum absolute atomic E-state index is 0.100. The number of amides is 1. The molecule has 0 radical (unpaired) electrons. The summed E-state index contributed by atoms with van der Waals surface area (Å²) in [5.41, 5.74) is 1.41. The van der Waals surface area contributed by atoms with Crippen LogP contribution in [0.5, 0.6) is 0 Å². The third-order valence-electron chi connectivity index (χ3n) is 2.72. The van der Waals surface area contributed by atoms with Crippen LogP contribution in [-0.2, 0) is 0 Å². The molecule has 19 heavy (non-hydrogen) atoms. The van der Waals surface area contributed by atoms with Crippen LogP contribution in [0, 0.1) is 0 Å². The van der Waals surface area contributed by atoms with E-state index in [1.54, 1.807) is 18.3 Å². The maximum absolute atomic E-state index is 12.1. The van der Waals surface area contributed by atoms with Crippen molar-refractivity contribution in [2.75, 3.05) is 0 Å². The van der Waals surface area contributed by atoms with Crippen molar-refractivity contribution in [3.63, 3.8) is 0 Å². The molecule has 0 fully saturated rings. The molecule has 1 aromatic carbocycles. The van der Waals surface area contributed by atoms with Gasteiger partial charge in [-0.1, -0.05) is 39.7 Å². The molecule has 0 bridgehead atoms. The number of halogens is 2. The highest BCUT2D eigenvalue weighted by molar-refractivity contribution is 9.10. The first-order valence-corrected chi connectivity index (χ1v) is 6.92. The first-order valence-electron chi connectivity index (χ1n) is 5.75. The number of nitrogens with zero attached hydrogens (tertiary/aromatic N) is 1. The number of carbonyl (C=O) groups is 1. The van der Waals surface area contributed by atoms with Gasteiger partial charge in [0.05, 0.1) is 11.6 Å². The molecular weight excluding hydrogens is 328 g/mol. The van der Waals surface area contributed by atoms with Crippen LogP contribution in [0.2, 0.25) is 5.15 Å². The summed E-state index contributed by atoms with van der Waals surface area (Å²) in [6, 6.07) is 11.0. The first-order chi connectivity index (χ1) is 9.08. The molecule has 1 N–H and O–H groups in total. The Kier molecular flexibility index (Phi) is 4.56. The van der Waals surface area contributed by atoms with Gasteiger partial charge in [-0.15, -0.1) is 0 Å². The maximum Gasteiger partial charge on any atom is 0.254 e. The molecular formula is C14H12BrClN2O.